The summed E-state index contributed by atoms with van der Waals surface area (Å²) in [5, 5.41) is 19.5. The number of rotatable bonds is 6. The molecule has 0 unspecified atom stereocenters. The molecule has 0 aliphatic carbocycles. The first kappa shape index (κ1) is 19.8. The largest absolute Gasteiger partial charge is 0.433 e. The van der Waals surface area contributed by atoms with Crippen molar-refractivity contribution in [2.24, 2.45) is 5.10 Å². The fourth-order valence-corrected chi connectivity index (χ4v) is 2.99. The molecule has 4 rings (SSSR count). The molecule has 2 aromatic heterocycles. The molecule has 0 fully saturated rings. The molecule has 0 aliphatic rings. The van der Waals surface area contributed by atoms with Crippen LogP contribution in [0.5, 0.6) is 0 Å². The number of carbonyl (C=O) groups excluding carboxylic acids is 1. The van der Waals surface area contributed by atoms with Crippen LogP contribution in [0.3, 0.4) is 0 Å². The minimum Gasteiger partial charge on any atom is -0.399 e. The lowest BCUT2D eigenvalue weighted by molar-refractivity contribution is -0.401. The van der Waals surface area contributed by atoms with Crippen molar-refractivity contribution in [3.8, 4) is 17.1 Å². The van der Waals surface area contributed by atoms with E-state index in [-0.39, 0.29) is 17.6 Å². The number of carbonyl (C=O) groups is 1. The Balaban J connectivity index is 1.65. The molecule has 0 bridgehead atoms. The van der Waals surface area contributed by atoms with E-state index in [0.29, 0.717) is 16.8 Å². The second-order valence-corrected chi connectivity index (χ2v) is 6.62. The third-order valence-electron chi connectivity index (χ3n) is 4.53. The molecule has 0 saturated carbocycles. The van der Waals surface area contributed by atoms with E-state index in [4.69, 9.17) is 4.42 Å². The summed E-state index contributed by atoms with van der Waals surface area (Å²) in [6, 6.07) is 19.2. The third-order valence-corrected chi connectivity index (χ3v) is 4.53. The van der Waals surface area contributed by atoms with Gasteiger partial charge in [-0.05, 0) is 36.8 Å². The maximum absolute atomic E-state index is 12.4. The Morgan fingerprint density at radius 1 is 1.13 bits per heavy atom. The second-order valence-electron chi connectivity index (χ2n) is 6.62. The Labute approximate surface area is 176 Å². The maximum Gasteiger partial charge on any atom is 0.433 e. The number of benzene rings is 2. The van der Waals surface area contributed by atoms with Gasteiger partial charge in [0.15, 0.2) is 5.76 Å². The highest BCUT2D eigenvalue weighted by Gasteiger charge is 2.19. The lowest BCUT2D eigenvalue weighted by Gasteiger charge is -2.02. The van der Waals surface area contributed by atoms with Crippen LogP contribution in [0.4, 0.5) is 5.88 Å². The molecule has 2 aromatic carbocycles. The van der Waals surface area contributed by atoms with Crippen molar-refractivity contribution in [2.75, 3.05) is 0 Å². The van der Waals surface area contributed by atoms with Crippen LogP contribution >= 0.6 is 0 Å². The van der Waals surface area contributed by atoms with Crippen LogP contribution in [0.15, 0.2) is 82.4 Å². The van der Waals surface area contributed by atoms with Gasteiger partial charge in [0.2, 0.25) is 0 Å². The minimum atomic E-state index is -0.617. The first-order valence-electron chi connectivity index (χ1n) is 9.31. The normalized spacial score (nSPS) is 11.0. The van der Waals surface area contributed by atoms with Crippen molar-refractivity contribution in [3.63, 3.8) is 0 Å². The molecule has 0 saturated heterocycles. The summed E-state index contributed by atoms with van der Waals surface area (Å²) in [4.78, 5) is 22.7. The van der Waals surface area contributed by atoms with Crippen LogP contribution in [0.2, 0.25) is 0 Å². The molecular formula is C22H17N5O4. The van der Waals surface area contributed by atoms with Gasteiger partial charge in [-0.1, -0.05) is 36.4 Å². The van der Waals surface area contributed by atoms with Gasteiger partial charge in [0.1, 0.15) is 10.6 Å². The summed E-state index contributed by atoms with van der Waals surface area (Å²) in [6.07, 6.45) is 3.12. The fraction of sp³-hybridized carbons (Fsp3) is 0.0455. The average molecular weight is 415 g/mol. The number of hydrazone groups is 1. The van der Waals surface area contributed by atoms with Gasteiger partial charge in [-0.3, -0.25) is 14.9 Å². The SMILES string of the molecule is Cc1ccccc1C(=O)N/N=C/c1cn(-c2ccccc2)nc1-c1ccc([N+](=O)[O-])o1. The summed E-state index contributed by atoms with van der Waals surface area (Å²) in [7, 11) is 0. The van der Waals surface area contributed by atoms with Crippen LogP contribution < -0.4 is 5.43 Å². The van der Waals surface area contributed by atoms with Gasteiger partial charge in [0, 0.05) is 17.3 Å². The zero-order valence-electron chi connectivity index (χ0n) is 16.4. The Hall–Kier alpha value is -4.53. The predicted molar refractivity (Wildman–Crippen MR) is 114 cm³/mol. The topological polar surface area (TPSA) is 116 Å². The smallest absolute Gasteiger partial charge is 0.399 e. The van der Waals surface area contributed by atoms with Crippen molar-refractivity contribution in [1.29, 1.82) is 0 Å². The molecule has 9 nitrogen and oxygen atoms in total. The lowest BCUT2D eigenvalue weighted by atomic mass is 10.1. The highest BCUT2D eigenvalue weighted by Crippen LogP contribution is 2.27. The van der Waals surface area contributed by atoms with E-state index in [0.717, 1.165) is 11.3 Å². The zero-order valence-corrected chi connectivity index (χ0v) is 16.4. The van der Waals surface area contributed by atoms with Gasteiger partial charge in [0.05, 0.1) is 18.0 Å². The van der Waals surface area contributed by atoms with E-state index < -0.39 is 4.92 Å². The van der Waals surface area contributed by atoms with E-state index in [1.165, 1.54) is 18.3 Å². The van der Waals surface area contributed by atoms with Crippen LogP contribution in [0.1, 0.15) is 21.5 Å². The molecule has 31 heavy (non-hydrogen) atoms. The van der Waals surface area contributed by atoms with Gasteiger partial charge < -0.3 is 4.42 Å². The van der Waals surface area contributed by atoms with Crippen molar-refractivity contribution in [1.82, 2.24) is 15.2 Å². The summed E-state index contributed by atoms with van der Waals surface area (Å²) in [5.41, 5.74) is 5.49. The molecule has 154 valence electrons. The van der Waals surface area contributed by atoms with Crippen LogP contribution in [-0.2, 0) is 0 Å². The Kier molecular flexibility index (Phi) is 5.39. The third kappa shape index (κ3) is 4.25. The number of furan rings is 1. The molecule has 0 atom stereocenters. The van der Waals surface area contributed by atoms with E-state index in [1.807, 2.05) is 49.4 Å². The number of hydrogen-bond acceptors (Lipinski definition) is 6. The average Bonchev–Trinajstić information content (AvgIpc) is 3.42. The Morgan fingerprint density at radius 2 is 1.87 bits per heavy atom. The first-order chi connectivity index (χ1) is 15.0. The quantitative estimate of drug-likeness (QED) is 0.289. The summed E-state index contributed by atoms with van der Waals surface area (Å²) in [5.74, 6) is -0.520. The summed E-state index contributed by atoms with van der Waals surface area (Å²) >= 11 is 0. The first-order valence-corrected chi connectivity index (χ1v) is 9.31. The number of aryl methyl sites for hydroxylation is 1. The maximum atomic E-state index is 12.4. The molecule has 0 spiro atoms. The van der Waals surface area contributed by atoms with Crippen LogP contribution in [0, 0.1) is 17.0 Å². The number of nitrogens with zero attached hydrogens (tertiary/aromatic N) is 4. The summed E-state index contributed by atoms with van der Waals surface area (Å²) < 4.78 is 6.91. The monoisotopic (exact) mass is 415 g/mol. The van der Waals surface area contributed by atoms with E-state index in [1.54, 1.807) is 23.0 Å². The van der Waals surface area contributed by atoms with Crippen LogP contribution in [-0.4, -0.2) is 26.8 Å². The van der Waals surface area contributed by atoms with Gasteiger partial charge in [-0.25, -0.2) is 10.1 Å². The van der Waals surface area contributed by atoms with Gasteiger partial charge >= 0.3 is 5.88 Å². The Bertz CT molecular complexity index is 1270. The number of nitro groups is 1. The Morgan fingerprint density at radius 3 is 2.58 bits per heavy atom. The van der Waals surface area contributed by atoms with E-state index in [9.17, 15) is 14.9 Å². The number of nitrogens with one attached hydrogen (secondary N) is 1. The van der Waals surface area contributed by atoms with Crippen molar-refractivity contribution in [3.05, 3.63) is 99.7 Å². The minimum absolute atomic E-state index is 0.216. The zero-order chi connectivity index (χ0) is 21.8. The number of para-hydroxylation sites is 1. The predicted octanol–water partition coefficient (Wildman–Crippen LogP) is 4.11. The number of aromatic nitrogens is 2. The van der Waals surface area contributed by atoms with E-state index >= 15 is 0 Å². The molecule has 4 aromatic rings. The number of hydrogen-bond donors (Lipinski definition) is 1. The second kappa shape index (κ2) is 8.46. The molecule has 0 radical (unpaired) electrons. The van der Waals surface area contributed by atoms with Crippen LogP contribution in [0.25, 0.3) is 17.1 Å². The fourth-order valence-electron chi connectivity index (χ4n) is 2.99. The molecule has 2 heterocycles. The van der Waals surface area contributed by atoms with Gasteiger partial charge in [0.25, 0.3) is 5.91 Å². The molecule has 1 amide bonds. The lowest BCUT2D eigenvalue weighted by Crippen LogP contribution is -2.18. The number of amides is 1. The molecule has 1 N–H and O–H groups in total. The van der Waals surface area contributed by atoms with Crippen molar-refractivity contribution >= 4 is 18.0 Å². The standard InChI is InChI=1S/C22H17N5O4/c1-15-7-5-6-10-18(15)22(28)24-23-13-16-14-26(17-8-3-2-4-9-17)25-21(16)19-11-12-20(31-19)27(29)30/h2-14H,1H3,(H,24,28)/b23-13+. The highest BCUT2D eigenvalue weighted by molar-refractivity contribution is 5.96. The van der Waals surface area contributed by atoms with E-state index in [2.05, 4.69) is 15.6 Å². The molecular weight excluding hydrogens is 398 g/mol. The van der Waals surface area contributed by atoms with Crippen molar-refractivity contribution < 1.29 is 14.1 Å². The molecule has 9 heteroatoms. The summed E-state index contributed by atoms with van der Waals surface area (Å²) in [6.45, 7) is 1.84. The van der Waals surface area contributed by atoms with Crippen molar-refractivity contribution in [2.45, 2.75) is 6.92 Å². The van der Waals surface area contributed by atoms with Gasteiger partial charge in [-0.15, -0.1) is 0 Å². The highest BCUT2D eigenvalue weighted by atomic mass is 16.6. The van der Waals surface area contributed by atoms with Gasteiger partial charge in [-0.2, -0.15) is 10.2 Å². The molecule has 0 aliphatic heterocycles.